The highest BCUT2D eigenvalue weighted by atomic mass is 19.1. The molecule has 3 aromatic rings. The molecule has 0 radical (unpaired) electrons. The number of esters is 1. The molecular weight excluding hydrogens is 287 g/mol. The van der Waals surface area contributed by atoms with Crippen molar-refractivity contribution >= 4 is 16.9 Å². The van der Waals surface area contributed by atoms with Crippen molar-refractivity contribution in [1.82, 2.24) is 0 Å². The van der Waals surface area contributed by atoms with Crippen molar-refractivity contribution in [3.05, 3.63) is 65.7 Å². The molecule has 5 heteroatoms. The average Bonchev–Trinajstić information content (AvgIpc) is 2.94. The Kier molecular flexibility index (Phi) is 3.78. The number of hydrogen-bond acceptors (Lipinski definition) is 4. The van der Waals surface area contributed by atoms with Crippen LogP contribution in [-0.4, -0.2) is 13.1 Å². The van der Waals surface area contributed by atoms with Crippen LogP contribution in [0.3, 0.4) is 0 Å². The number of rotatable bonds is 4. The van der Waals surface area contributed by atoms with Gasteiger partial charge in [-0.25, -0.2) is 9.18 Å². The largest absolute Gasteiger partial charge is 0.486 e. The highest BCUT2D eigenvalue weighted by Crippen LogP contribution is 2.22. The van der Waals surface area contributed by atoms with Crippen molar-refractivity contribution < 1.29 is 23.1 Å². The predicted molar refractivity (Wildman–Crippen MR) is 78.3 cm³/mol. The number of ether oxygens (including phenoxy) is 2. The second-order valence-corrected chi connectivity index (χ2v) is 4.70. The lowest BCUT2D eigenvalue weighted by atomic mass is 10.1. The SMILES string of the molecule is COC(=O)c1ccc2oc(COc3cccc(F)c3)cc2c1. The van der Waals surface area contributed by atoms with Crippen LogP contribution in [0.4, 0.5) is 4.39 Å². The van der Waals surface area contributed by atoms with E-state index in [0.717, 1.165) is 5.39 Å². The van der Waals surface area contributed by atoms with E-state index in [0.29, 0.717) is 22.7 Å². The Morgan fingerprint density at radius 3 is 2.82 bits per heavy atom. The molecule has 4 nitrogen and oxygen atoms in total. The van der Waals surface area contributed by atoms with Crippen molar-refractivity contribution in [2.75, 3.05) is 7.11 Å². The van der Waals surface area contributed by atoms with Gasteiger partial charge in [-0.2, -0.15) is 0 Å². The molecule has 0 spiro atoms. The minimum atomic E-state index is -0.402. The third kappa shape index (κ3) is 2.93. The molecule has 0 N–H and O–H groups in total. The van der Waals surface area contributed by atoms with Crippen LogP contribution in [0.25, 0.3) is 11.0 Å². The van der Waals surface area contributed by atoms with E-state index in [4.69, 9.17) is 9.15 Å². The van der Waals surface area contributed by atoms with Crippen LogP contribution >= 0.6 is 0 Å². The minimum Gasteiger partial charge on any atom is -0.486 e. The van der Waals surface area contributed by atoms with Gasteiger partial charge >= 0.3 is 5.97 Å². The zero-order valence-electron chi connectivity index (χ0n) is 11.8. The predicted octanol–water partition coefficient (Wildman–Crippen LogP) is 3.94. The molecule has 2 aromatic carbocycles. The molecule has 1 aromatic heterocycles. The Balaban J connectivity index is 1.78. The van der Waals surface area contributed by atoms with Gasteiger partial charge in [-0.05, 0) is 36.4 Å². The maximum absolute atomic E-state index is 13.1. The monoisotopic (exact) mass is 300 g/mol. The Bertz CT molecular complexity index is 822. The third-order valence-electron chi connectivity index (χ3n) is 3.17. The number of furan rings is 1. The summed E-state index contributed by atoms with van der Waals surface area (Å²) in [5, 5.41) is 0.778. The summed E-state index contributed by atoms with van der Waals surface area (Å²) in [6, 6.07) is 12.7. The van der Waals surface area contributed by atoms with E-state index in [1.54, 1.807) is 36.4 Å². The van der Waals surface area contributed by atoms with Crippen molar-refractivity contribution in [3.8, 4) is 5.75 Å². The molecule has 0 amide bonds. The van der Waals surface area contributed by atoms with Gasteiger partial charge in [-0.1, -0.05) is 6.07 Å². The maximum atomic E-state index is 13.1. The summed E-state index contributed by atoms with van der Waals surface area (Å²) in [7, 11) is 1.33. The van der Waals surface area contributed by atoms with E-state index in [1.165, 1.54) is 19.2 Å². The normalized spacial score (nSPS) is 10.6. The van der Waals surface area contributed by atoms with Gasteiger partial charge < -0.3 is 13.9 Å². The zero-order chi connectivity index (χ0) is 15.5. The van der Waals surface area contributed by atoms with E-state index in [-0.39, 0.29) is 12.4 Å². The van der Waals surface area contributed by atoms with Crippen molar-refractivity contribution in [2.24, 2.45) is 0 Å². The fraction of sp³-hybridized carbons (Fsp3) is 0.118. The first-order chi connectivity index (χ1) is 10.7. The second kappa shape index (κ2) is 5.89. The molecule has 0 aliphatic heterocycles. The molecule has 0 saturated heterocycles. The van der Waals surface area contributed by atoms with Crippen LogP contribution in [-0.2, 0) is 11.3 Å². The van der Waals surface area contributed by atoms with Crippen LogP contribution in [0.2, 0.25) is 0 Å². The van der Waals surface area contributed by atoms with Gasteiger partial charge in [-0.3, -0.25) is 0 Å². The highest BCUT2D eigenvalue weighted by molar-refractivity contribution is 5.94. The van der Waals surface area contributed by atoms with E-state index < -0.39 is 5.97 Å². The second-order valence-electron chi connectivity index (χ2n) is 4.70. The Morgan fingerprint density at radius 1 is 1.18 bits per heavy atom. The fourth-order valence-electron chi connectivity index (χ4n) is 2.13. The summed E-state index contributed by atoms with van der Waals surface area (Å²) in [6.45, 7) is 0.172. The summed E-state index contributed by atoms with van der Waals surface area (Å²) in [5.41, 5.74) is 1.10. The molecule has 0 fully saturated rings. The summed E-state index contributed by atoms with van der Waals surface area (Å²) in [6.07, 6.45) is 0. The molecule has 0 saturated carbocycles. The number of carbonyl (C=O) groups is 1. The molecule has 0 aliphatic carbocycles. The number of benzene rings is 2. The Labute approximate surface area is 126 Å². The minimum absolute atomic E-state index is 0.172. The smallest absolute Gasteiger partial charge is 0.337 e. The lowest BCUT2D eigenvalue weighted by Gasteiger charge is -2.03. The summed E-state index contributed by atoms with van der Waals surface area (Å²) in [4.78, 5) is 11.5. The summed E-state index contributed by atoms with van der Waals surface area (Å²) >= 11 is 0. The molecular formula is C17H13FO4. The fourth-order valence-corrected chi connectivity index (χ4v) is 2.13. The van der Waals surface area contributed by atoms with Crippen LogP contribution in [0.5, 0.6) is 5.75 Å². The molecule has 112 valence electrons. The molecule has 0 unspecified atom stereocenters. The molecule has 3 rings (SSSR count). The molecule has 0 atom stereocenters. The Hall–Kier alpha value is -2.82. The van der Waals surface area contributed by atoms with E-state index in [9.17, 15) is 9.18 Å². The molecule has 0 aliphatic rings. The lowest BCUT2D eigenvalue weighted by molar-refractivity contribution is 0.0601. The molecule has 1 heterocycles. The number of halogens is 1. The first kappa shape index (κ1) is 14.1. The lowest BCUT2D eigenvalue weighted by Crippen LogP contribution is -1.99. The van der Waals surface area contributed by atoms with Crippen LogP contribution in [0.15, 0.2) is 52.9 Å². The Morgan fingerprint density at radius 2 is 2.05 bits per heavy atom. The summed E-state index contributed by atoms with van der Waals surface area (Å²) < 4.78 is 28.8. The van der Waals surface area contributed by atoms with Gasteiger partial charge in [0.1, 0.15) is 29.5 Å². The highest BCUT2D eigenvalue weighted by Gasteiger charge is 2.10. The van der Waals surface area contributed by atoms with Gasteiger partial charge in [0.25, 0.3) is 0 Å². The van der Waals surface area contributed by atoms with Gasteiger partial charge in [0.05, 0.1) is 12.7 Å². The number of carbonyl (C=O) groups excluding carboxylic acids is 1. The van der Waals surface area contributed by atoms with Crippen LogP contribution < -0.4 is 4.74 Å². The van der Waals surface area contributed by atoms with Crippen molar-refractivity contribution in [1.29, 1.82) is 0 Å². The first-order valence-electron chi connectivity index (χ1n) is 6.65. The van der Waals surface area contributed by atoms with Gasteiger partial charge in [0, 0.05) is 11.5 Å². The zero-order valence-corrected chi connectivity index (χ0v) is 11.8. The number of fused-ring (bicyclic) bond motifs is 1. The number of methoxy groups -OCH3 is 1. The van der Waals surface area contributed by atoms with Gasteiger partial charge in [0.15, 0.2) is 0 Å². The molecule has 22 heavy (non-hydrogen) atoms. The van der Waals surface area contributed by atoms with Crippen molar-refractivity contribution in [2.45, 2.75) is 6.61 Å². The first-order valence-corrected chi connectivity index (χ1v) is 6.65. The van der Waals surface area contributed by atoms with Gasteiger partial charge in [-0.15, -0.1) is 0 Å². The quantitative estimate of drug-likeness (QED) is 0.685. The van der Waals surface area contributed by atoms with Gasteiger partial charge in [0.2, 0.25) is 0 Å². The topological polar surface area (TPSA) is 48.7 Å². The number of hydrogen-bond donors (Lipinski definition) is 0. The van der Waals surface area contributed by atoms with E-state index in [1.807, 2.05) is 0 Å². The van der Waals surface area contributed by atoms with Crippen LogP contribution in [0, 0.1) is 5.82 Å². The maximum Gasteiger partial charge on any atom is 0.337 e. The molecule has 0 bridgehead atoms. The van der Waals surface area contributed by atoms with Crippen molar-refractivity contribution in [3.63, 3.8) is 0 Å². The van der Waals surface area contributed by atoms with E-state index >= 15 is 0 Å². The standard InChI is InChI=1S/C17H13FO4/c1-20-17(19)11-5-6-16-12(7-11)8-15(22-16)10-21-14-4-2-3-13(18)9-14/h2-9H,10H2,1H3. The summed E-state index contributed by atoms with van der Waals surface area (Å²) in [5.74, 6) is 0.252. The average molecular weight is 300 g/mol. The van der Waals surface area contributed by atoms with Crippen LogP contribution in [0.1, 0.15) is 16.1 Å². The third-order valence-corrected chi connectivity index (χ3v) is 3.17. The van der Waals surface area contributed by atoms with E-state index in [2.05, 4.69) is 4.74 Å².